The number of amides is 1. The minimum atomic E-state index is -0.212. The topological polar surface area (TPSA) is 49.6 Å². The quantitative estimate of drug-likeness (QED) is 0.863. The number of nitrogens with zero attached hydrogens (tertiary/aromatic N) is 2. The Kier molecular flexibility index (Phi) is 6.37. The molecule has 3 aliphatic rings. The van der Waals surface area contributed by atoms with Crippen LogP contribution >= 0.6 is 0 Å². The van der Waals surface area contributed by atoms with Crippen LogP contribution < -0.4 is 5.73 Å². The molecule has 154 valence electrons. The smallest absolute Gasteiger partial charge is 0.231 e. The molecule has 0 bridgehead atoms. The van der Waals surface area contributed by atoms with Gasteiger partial charge in [0, 0.05) is 25.0 Å². The SMILES string of the molecule is NC(=O)CN1Cc2ccccc2C2(CCN(CC3CCCCCCC3)CC2)C1. The average molecular weight is 384 g/mol. The predicted molar refractivity (Wildman–Crippen MR) is 114 cm³/mol. The normalized spacial score (nSPS) is 24.4. The molecule has 4 heteroatoms. The van der Waals surface area contributed by atoms with E-state index in [-0.39, 0.29) is 11.3 Å². The van der Waals surface area contributed by atoms with Gasteiger partial charge in [-0.05, 0) is 55.8 Å². The summed E-state index contributed by atoms with van der Waals surface area (Å²) in [4.78, 5) is 16.6. The first kappa shape index (κ1) is 19.9. The molecule has 0 radical (unpaired) electrons. The number of carbonyl (C=O) groups is 1. The highest BCUT2D eigenvalue weighted by Crippen LogP contribution is 2.42. The highest BCUT2D eigenvalue weighted by Gasteiger charge is 2.42. The van der Waals surface area contributed by atoms with Gasteiger partial charge in [0.25, 0.3) is 0 Å². The van der Waals surface area contributed by atoms with Crippen molar-refractivity contribution >= 4 is 5.91 Å². The standard InChI is InChI=1S/C24H37N3O/c25-23(28)18-27-17-21-10-6-7-11-22(21)24(19-27)12-14-26(15-13-24)16-20-8-4-2-1-3-5-9-20/h6-7,10-11,20H,1-5,8-9,12-19H2,(H2,25,28). The van der Waals surface area contributed by atoms with Gasteiger partial charge < -0.3 is 10.6 Å². The molecule has 1 amide bonds. The molecule has 28 heavy (non-hydrogen) atoms. The molecular weight excluding hydrogens is 346 g/mol. The molecule has 2 fully saturated rings. The Hall–Kier alpha value is -1.39. The van der Waals surface area contributed by atoms with Crippen LogP contribution in [-0.4, -0.2) is 48.4 Å². The first-order chi connectivity index (χ1) is 13.6. The minimum Gasteiger partial charge on any atom is -0.369 e. The van der Waals surface area contributed by atoms with E-state index in [0.29, 0.717) is 6.54 Å². The molecule has 0 atom stereocenters. The minimum absolute atomic E-state index is 0.196. The maximum atomic E-state index is 11.5. The van der Waals surface area contributed by atoms with Crippen LogP contribution in [0.15, 0.2) is 24.3 Å². The fraction of sp³-hybridized carbons (Fsp3) is 0.708. The summed E-state index contributed by atoms with van der Waals surface area (Å²) in [5, 5.41) is 0. The van der Waals surface area contributed by atoms with E-state index in [4.69, 9.17) is 5.73 Å². The van der Waals surface area contributed by atoms with Crippen LogP contribution in [0.4, 0.5) is 0 Å². The Morgan fingerprint density at radius 2 is 1.68 bits per heavy atom. The summed E-state index contributed by atoms with van der Waals surface area (Å²) in [5.74, 6) is 0.690. The van der Waals surface area contributed by atoms with E-state index in [1.165, 1.54) is 88.5 Å². The maximum Gasteiger partial charge on any atom is 0.231 e. The Morgan fingerprint density at radius 3 is 2.39 bits per heavy atom. The van der Waals surface area contributed by atoms with Crippen LogP contribution in [0.1, 0.15) is 68.9 Å². The number of hydrogen-bond acceptors (Lipinski definition) is 3. The lowest BCUT2D eigenvalue weighted by atomic mass is 9.68. The average Bonchev–Trinajstić information content (AvgIpc) is 2.65. The summed E-state index contributed by atoms with van der Waals surface area (Å²) in [6.07, 6.45) is 12.4. The molecule has 2 aliphatic heterocycles. The second-order valence-corrected chi connectivity index (χ2v) is 9.56. The molecule has 2 heterocycles. The number of likely N-dealkylation sites (tertiary alicyclic amines) is 1. The highest BCUT2D eigenvalue weighted by molar-refractivity contribution is 5.76. The molecule has 1 aromatic carbocycles. The molecular formula is C24H37N3O. The lowest BCUT2D eigenvalue weighted by Crippen LogP contribution is -2.53. The number of carbonyl (C=O) groups excluding carboxylic acids is 1. The van der Waals surface area contributed by atoms with Crippen molar-refractivity contribution in [2.24, 2.45) is 11.7 Å². The number of benzene rings is 1. The van der Waals surface area contributed by atoms with Crippen LogP contribution in [0, 0.1) is 5.92 Å². The van der Waals surface area contributed by atoms with Gasteiger partial charge in [-0.25, -0.2) is 0 Å². The van der Waals surface area contributed by atoms with E-state index in [1.807, 2.05) is 0 Å². The second-order valence-electron chi connectivity index (χ2n) is 9.56. The van der Waals surface area contributed by atoms with Gasteiger partial charge in [-0.1, -0.05) is 56.4 Å². The van der Waals surface area contributed by atoms with Crippen LogP contribution in [0.5, 0.6) is 0 Å². The van der Waals surface area contributed by atoms with Crippen LogP contribution in [0.2, 0.25) is 0 Å². The summed E-state index contributed by atoms with van der Waals surface area (Å²) in [5.41, 5.74) is 8.64. The molecule has 1 aromatic rings. The summed E-state index contributed by atoms with van der Waals surface area (Å²) >= 11 is 0. The third-order valence-electron chi connectivity index (χ3n) is 7.44. The van der Waals surface area contributed by atoms with Gasteiger partial charge in [0.1, 0.15) is 0 Å². The van der Waals surface area contributed by atoms with Crippen LogP contribution in [-0.2, 0) is 16.8 Å². The lowest BCUT2D eigenvalue weighted by molar-refractivity contribution is -0.119. The zero-order valence-corrected chi connectivity index (χ0v) is 17.4. The summed E-state index contributed by atoms with van der Waals surface area (Å²) < 4.78 is 0. The van der Waals surface area contributed by atoms with Crippen molar-refractivity contribution in [3.63, 3.8) is 0 Å². The molecule has 0 unspecified atom stereocenters. The Bertz CT molecular complexity index is 658. The van der Waals surface area contributed by atoms with Crippen molar-refractivity contribution in [1.82, 2.24) is 9.80 Å². The monoisotopic (exact) mass is 383 g/mol. The first-order valence-corrected chi connectivity index (χ1v) is 11.5. The molecule has 1 saturated heterocycles. The highest BCUT2D eigenvalue weighted by atomic mass is 16.1. The second kappa shape index (κ2) is 8.96. The van der Waals surface area contributed by atoms with Gasteiger partial charge >= 0.3 is 0 Å². The molecule has 4 nitrogen and oxygen atoms in total. The molecule has 2 N–H and O–H groups in total. The molecule has 1 saturated carbocycles. The van der Waals surface area contributed by atoms with Crippen molar-refractivity contribution in [2.45, 2.75) is 69.7 Å². The Balaban J connectivity index is 1.42. The van der Waals surface area contributed by atoms with E-state index in [1.54, 1.807) is 0 Å². The van der Waals surface area contributed by atoms with Crippen molar-refractivity contribution in [3.8, 4) is 0 Å². The first-order valence-electron chi connectivity index (χ1n) is 11.5. The van der Waals surface area contributed by atoms with Crippen molar-refractivity contribution in [2.75, 3.05) is 32.7 Å². The van der Waals surface area contributed by atoms with Gasteiger partial charge in [-0.15, -0.1) is 0 Å². The van der Waals surface area contributed by atoms with E-state index >= 15 is 0 Å². The summed E-state index contributed by atoms with van der Waals surface area (Å²) in [6, 6.07) is 8.89. The molecule has 0 aromatic heterocycles. The number of rotatable bonds is 4. The van der Waals surface area contributed by atoms with Gasteiger partial charge in [0.2, 0.25) is 5.91 Å². The van der Waals surface area contributed by atoms with E-state index in [2.05, 4.69) is 34.1 Å². The largest absolute Gasteiger partial charge is 0.369 e. The zero-order chi connectivity index (χ0) is 19.4. The third kappa shape index (κ3) is 4.60. The lowest BCUT2D eigenvalue weighted by Gasteiger charge is -2.49. The summed E-state index contributed by atoms with van der Waals surface area (Å²) in [6.45, 7) is 5.88. The number of fused-ring (bicyclic) bond motifs is 2. The fourth-order valence-corrected chi connectivity index (χ4v) is 6.00. The number of hydrogen-bond donors (Lipinski definition) is 1. The maximum absolute atomic E-state index is 11.5. The Labute approximate surface area is 170 Å². The van der Waals surface area contributed by atoms with E-state index in [0.717, 1.165) is 19.0 Å². The third-order valence-corrected chi connectivity index (χ3v) is 7.44. The van der Waals surface area contributed by atoms with Gasteiger partial charge in [0.15, 0.2) is 0 Å². The number of nitrogens with two attached hydrogens (primary N) is 1. The van der Waals surface area contributed by atoms with E-state index < -0.39 is 0 Å². The Morgan fingerprint density at radius 1 is 1.00 bits per heavy atom. The molecule has 4 rings (SSSR count). The van der Waals surface area contributed by atoms with E-state index in [9.17, 15) is 4.79 Å². The van der Waals surface area contributed by atoms with Gasteiger partial charge in [0.05, 0.1) is 6.54 Å². The van der Waals surface area contributed by atoms with Crippen molar-refractivity contribution < 1.29 is 4.79 Å². The number of primary amides is 1. The molecule has 1 aliphatic carbocycles. The van der Waals surface area contributed by atoms with Crippen molar-refractivity contribution in [1.29, 1.82) is 0 Å². The predicted octanol–water partition coefficient (Wildman–Crippen LogP) is 3.68. The fourth-order valence-electron chi connectivity index (χ4n) is 6.00. The summed E-state index contributed by atoms with van der Waals surface area (Å²) in [7, 11) is 0. The van der Waals surface area contributed by atoms with Crippen LogP contribution in [0.25, 0.3) is 0 Å². The zero-order valence-electron chi connectivity index (χ0n) is 17.4. The van der Waals surface area contributed by atoms with Crippen LogP contribution in [0.3, 0.4) is 0 Å². The van der Waals surface area contributed by atoms with Crippen molar-refractivity contribution in [3.05, 3.63) is 35.4 Å². The van der Waals surface area contributed by atoms with Gasteiger partial charge in [-0.3, -0.25) is 9.69 Å². The molecule has 1 spiro atoms. The van der Waals surface area contributed by atoms with Gasteiger partial charge in [-0.2, -0.15) is 0 Å². The number of piperidine rings is 1.